The monoisotopic (exact) mass is 249 g/mol. The Morgan fingerprint density at radius 3 is 2.72 bits per heavy atom. The van der Waals surface area contributed by atoms with Crippen molar-refractivity contribution < 1.29 is 9.18 Å². The van der Waals surface area contributed by atoms with E-state index in [-0.39, 0.29) is 17.6 Å². The zero-order valence-corrected chi connectivity index (χ0v) is 10.8. The normalized spacial score (nSPS) is 16.6. The number of carbonyl (C=O) groups is 1. The van der Waals surface area contributed by atoms with Gasteiger partial charge in [0.05, 0.1) is 0 Å². The van der Waals surface area contributed by atoms with Crippen LogP contribution in [0.25, 0.3) is 0 Å². The molecule has 0 radical (unpaired) electrons. The predicted molar refractivity (Wildman–Crippen MR) is 69.6 cm³/mol. The van der Waals surface area contributed by atoms with Crippen molar-refractivity contribution in [3.8, 4) is 0 Å². The van der Waals surface area contributed by atoms with Crippen molar-refractivity contribution in [3.63, 3.8) is 0 Å². The predicted octanol–water partition coefficient (Wildman–Crippen LogP) is 3.33. The average Bonchev–Trinajstić information content (AvgIpc) is 2.41. The fourth-order valence-corrected chi connectivity index (χ4v) is 2.44. The van der Waals surface area contributed by atoms with Gasteiger partial charge >= 0.3 is 0 Å². The molecule has 1 aliphatic carbocycles. The van der Waals surface area contributed by atoms with Gasteiger partial charge in [-0.25, -0.2) is 4.39 Å². The van der Waals surface area contributed by atoms with Crippen molar-refractivity contribution in [2.45, 2.75) is 45.6 Å². The summed E-state index contributed by atoms with van der Waals surface area (Å²) < 4.78 is 13.3. The molecule has 0 atom stereocenters. The van der Waals surface area contributed by atoms with Crippen LogP contribution < -0.4 is 5.32 Å². The maximum absolute atomic E-state index is 13.3. The molecule has 0 aliphatic heterocycles. The summed E-state index contributed by atoms with van der Waals surface area (Å²) in [5.41, 5.74) is 1.46. The first-order valence-corrected chi connectivity index (χ1v) is 6.69. The van der Waals surface area contributed by atoms with Gasteiger partial charge in [-0.1, -0.05) is 31.4 Å². The van der Waals surface area contributed by atoms with Crippen molar-refractivity contribution in [1.82, 2.24) is 5.32 Å². The summed E-state index contributed by atoms with van der Waals surface area (Å²) >= 11 is 0. The summed E-state index contributed by atoms with van der Waals surface area (Å²) in [5, 5.41) is 2.91. The summed E-state index contributed by atoms with van der Waals surface area (Å²) in [6.45, 7) is 2.16. The molecular formula is C15H20FNO. The van der Waals surface area contributed by atoms with Gasteiger partial charge in [0, 0.05) is 12.5 Å². The highest BCUT2D eigenvalue weighted by atomic mass is 19.1. The first-order chi connectivity index (χ1) is 8.66. The summed E-state index contributed by atoms with van der Waals surface area (Å²) in [4.78, 5) is 11.9. The van der Waals surface area contributed by atoms with Gasteiger partial charge in [0.2, 0.25) is 5.91 Å². The molecular weight excluding hydrogens is 229 g/mol. The highest BCUT2D eigenvalue weighted by Crippen LogP contribution is 2.23. The van der Waals surface area contributed by atoms with Crippen LogP contribution in [-0.4, -0.2) is 5.91 Å². The lowest BCUT2D eigenvalue weighted by Crippen LogP contribution is -2.31. The zero-order chi connectivity index (χ0) is 13.0. The molecule has 3 heteroatoms. The van der Waals surface area contributed by atoms with Crippen LogP contribution in [0.15, 0.2) is 18.2 Å². The van der Waals surface area contributed by atoms with Crippen LogP contribution in [0.5, 0.6) is 0 Å². The SMILES string of the molecule is Cc1ccc(CNC(=O)C2CCCCC2)cc1F. The standard InChI is InChI=1S/C15H20FNO/c1-11-7-8-12(9-14(11)16)10-17-15(18)13-5-3-2-4-6-13/h7-9,13H,2-6,10H2,1H3,(H,17,18). The molecule has 1 aromatic rings. The largest absolute Gasteiger partial charge is 0.352 e. The van der Waals surface area contributed by atoms with E-state index in [1.165, 1.54) is 12.5 Å². The van der Waals surface area contributed by atoms with E-state index < -0.39 is 0 Å². The molecule has 0 spiro atoms. The number of rotatable bonds is 3. The van der Waals surface area contributed by atoms with Gasteiger partial charge in [0.15, 0.2) is 0 Å². The Morgan fingerprint density at radius 1 is 1.33 bits per heavy atom. The number of hydrogen-bond acceptors (Lipinski definition) is 1. The summed E-state index contributed by atoms with van der Waals surface area (Å²) in [5.74, 6) is 0.0733. The molecule has 2 nitrogen and oxygen atoms in total. The molecule has 1 saturated carbocycles. The number of halogens is 1. The molecule has 0 unspecified atom stereocenters. The summed E-state index contributed by atoms with van der Waals surface area (Å²) in [6.07, 6.45) is 5.53. The molecule has 1 aromatic carbocycles. The number of carbonyl (C=O) groups excluding carboxylic acids is 1. The topological polar surface area (TPSA) is 29.1 Å². The second-order valence-electron chi connectivity index (χ2n) is 5.14. The second-order valence-corrected chi connectivity index (χ2v) is 5.14. The van der Waals surface area contributed by atoms with Gasteiger partial charge in [-0.15, -0.1) is 0 Å². The molecule has 18 heavy (non-hydrogen) atoms. The van der Waals surface area contributed by atoms with Crippen molar-refractivity contribution in [3.05, 3.63) is 35.1 Å². The first-order valence-electron chi connectivity index (χ1n) is 6.69. The third-order valence-corrected chi connectivity index (χ3v) is 3.68. The Bertz CT molecular complexity index is 425. The van der Waals surface area contributed by atoms with E-state index in [2.05, 4.69) is 5.32 Å². The van der Waals surface area contributed by atoms with Gasteiger partial charge in [-0.3, -0.25) is 4.79 Å². The van der Waals surface area contributed by atoms with Crippen LogP contribution in [0, 0.1) is 18.7 Å². The van der Waals surface area contributed by atoms with E-state index in [9.17, 15) is 9.18 Å². The molecule has 0 heterocycles. The molecule has 1 N–H and O–H groups in total. The third-order valence-electron chi connectivity index (χ3n) is 3.68. The molecule has 2 rings (SSSR count). The van der Waals surface area contributed by atoms with Gasteiger partial charge < -0.3 is 5.32 Å². The molecule has 98 valence electrons. The Kier molecular flexibility index (Phi) is 4.34. The molecule has 1 fully saturated rings. The van der Waals surface area contributed by atoms with E-state index in [1.807, 2.05) is 6.07 Å². The third kappa shape index (κ3) is 3.31. The Morgan fingerprint density at radius 2 is 2.06 bits per heavy atom. The number of benzene rings is 1. The zero-order valence-electron chi connectivity index (χ0n) is 10.8. The second kappa shape index (κ2) is 5.98. The van der Waals surface area contributed by atoms with Crippen molar-refractivity contribution in [2.75, 3.05) is 0 Å². The van der Waals surface area contributed by atoms with Crippen molar-refractivity contribution in [2.24, 2.45) is 5.92 Å². The smallest absolute Gasteiger partial charge is 0.223 e. The highest BCUT2D eigenvalue weighted by Gasteiger charge is 2.20. The fraction of sp³-hybridized carbons (Fsp3) is 0.533. The minimum Gasteiger partial charge on any atom is -0.352 e. The van der Waals surface area contributed by atoms with Crippen LogP contribution in [0.4, 0.5) is 4.39 Å². The molecule has 0 aromatic heterocycles. The van der Waals surface area contributed by atoms with Crippen LogP contribution in [0.3, 0.4) is 0 Å². The maximum Gasteiger partial charge on any atom is 0.223 e. The van der Waals surface area contributed by atoms with Gasteiger partial charge in [0.25, 0.3) is 0 Å². The average molecular weight is 249 g/mol. The lowest BCUT2D eigenvalue weighted by atomic mass is 9.88. The van der Waals surface area contributed by atoms with E-state index >= 15 is 0 Å². The minimum atomic E-state index is -0.209. The van der Waals surface area contributed by atoms with Crippen LogP contribution in [0.1, 0.15) is 43.2 Å². The Hall–Kier alpha value is -1.38. The molecule has 0 saturated heterocycles. The highest BCUT2D eigenvalue weighted by molar-refractivity contribution is 5.78. The van der Waals surface area contributed by atoms with Gasteiger partial charge in [0.1, 0.15) is 5.82 Å². The van der Waals surface area contributed by atoms with E-state index in [4.69, 9.17) is 0 Å². The molecule has 0 bridgehead atoms. The molecule has 1 amide bonds. The Balaban J connectivity index is 1.86. The maximum atomic E-state index is 13.3. The minimum absolute atomic E-state index is 0.121. The number of aryl methyl sites for hydroxylation is 1. The van der Waals surface area contributed by atoms with Gasteiger partial charge in [-0.05, 0) is 37.0 Å². The van der Waals surface area contributed by atoms with E-state index in [1.54, 1.807) is 13.0 Å². The van der Waals surface area contributed by atoms with E-state index in [0.717, 1.165) is 31.2 Å². The molecule has 1 aliphatic rings. The van der Waals surface area contributed by atoms with Crippen LogP contribution >= 0.6 is 0 Å². The van der Waals surface area contributed by atoms with E-state index in [0.29, 0.717) is 12.1 Å². The number of amides is 1. The van der Waals surface area contributed by atoms with Crippen LogP contribution in [0.2, 0.25) is 0 Å². The quantitative estimate of drug-likeness (QED) is 0.874. The van der Waals surface area contributed by atoms with Crippen LogP contribution in [-0.2, 0) is 11.3 Å². The first kappa shape index (κ1) is 13.1. The van der Waals surface area contributed by atoms with Gasteiger partial charge in [-0.2, -0.15) is 0 Å². The summed E-state index contributed by atoms with van der Waals surface area (Å²) in [6, 6.07) is 5.10. The lowest BCUT2D eigenvalue weighted by Gasteiger charge is -2.20. The fourth-order valence-electron chi connectivity index (χ4n) is 2.44. The lowest BCUT2D eigenvalue weighted by molar-refractivity contribution is -0.126. The Labute approximate surface area is 108 Å². The number of nitrogens with one attached hydrogen (secondary N) is 1. The van der Waals surface area contributed by atoms with Crippen molar-refractivity contribution in [1.29, 1.82) is 0 Å². The summed E-state index contributed by atoms with van der Waals surface area (Å²) in [7, 11) is 0. The number of hydrogen-bond donors (Lipinski definition) is 1. The van der Waals surface area contributed by atoms with Crippen molar-refractivity contribution >= 4 is 5.91 Å².